The molecular formula is C25H28FN9O. The highest BCUT2D eigenvalue weighted by molar-refractivity contribution is 5.77. The number of nitriles is 1. The number of amides is 2. The molecule has 10 nitrogen and oxygen atoms in total. The molecule has 7 heterocycles. The highest BCUT2D eigenvalue weighted by Gasteiger charge is 2.51. The molecule has 0 saturated carbocycles. The summed E-state index contributed by atoms with van der Waals surface area (Å²) in [5.74, 6) is -0.441. The van der Waals surface area contributed by atoms with Crippen LogP contribution < -0.4 is 10.2 Å². The van der Waals surface area contributed by atoms with Crippen molar-refractivity contribution in [3.63, 3.8) is 0 Å². The van der Waals surface area contributed by atoms with E-state index in [0.29, 0.717) is 36.3 Å². The van der Waals surface area contributed by atoms with Gasteiger partial charge in [0.2, 0.25) is 0 Å². The fourth-order valence-corrected chi connectivity index (χ4v) is 6.43. The highest BCUT2D eigenvalue weighted by Crippen LogP contribution is 2.38. The van der Waals surface area contributed by atoms with Gasteiger partial charge in [-0.3, -0.25) is 4.68 Å². The molecule has 7 rings (SSSR count). The van der Waals surface area contributed by atoms with Crippen LogP contribution in [0.5, 0.6) is 0 Å². The minimum absolute atomic E-state index is 0.0711. The number of nitrogens with one attached hydrogen (secondary N) is 1. The van der Waals surface area contributed by atoms with Crippen molar-refractivity contribution in [1.82, 2.24) is 34.5 Å². The number of halogens is 1. The van der Waals surface area contributed by atoms with Gasteiger partial charge in [-0.2, -0.15) is 15.5 Å². The molecule has 2 amide bonds. The Labute approximate surface area is 207 Å². The first-order chi connectivity index (χ1) is 17.4. The van der Waals surface area contributed by atoms with E-state index in [4.69, 9.17) is 5.10 Å². The third kappa shape index (κ3) is 2.94. The van der Waals surface area contributed by atoms with E-state index in [1.807, 2.05) is 15.9 Å². The Morgan fingerprint density at radius 3 is 2.75 bits per heavy atom. The van der Waals surface area contributed by atoms with Gasteiger partial charge in [-0.05, 0) is 32.4 Å². The van der Waals surface area contributed by atoms with Crippen LogP contribution in [0, 0.1) is 22.6 Å². The lowest BCUT2D eigenvalue weighted by Gasteiger charge is -2.57. The largest absolute Gasteiger partial charge is 0.362 e. The molecule has 3 aromatic rings. The zero-order valence-electron chi connectivity index (χ0n) is 20.4. The summed E-state index contributed by atoms with van der Waals surface area (Å²) in [4.78, 5) is 19.4. The molecule has 0 aliphatic carbocycles. The van der Waals surface area contributed by atoms with E-state index in [1.165, 1.54) is 10.1 Å². The summed E-state index contributed by atoms with van der Waals surface area (Å²) in [6.45, 7) is 9.67. The molecule has 4 aliphatic rings. The first-order valence-corrected chi connectivity index (χ1v) is 12.5. The topological polar surface area (TPSA) is 97.7 Å². The maximum Gasteiger partial charge on any atom is 0.320 e. The molecular weight excluding hydrogens is 461 g/mol. The lowest BCUT2D eigenvalue weighted by Crippen LogP contribution is -2.73. The molecule has 3 aromatic heterocycles. The number of rotatable bonds is 1. The summed E-state index contributed by atoms with van der Waals surface area (Å²) in [5.41, 5.74) is 4.92. The zero-order valence-corrected chi connectivity index (χ0v) is 20.4. The van der Waals surface area contributed by atoms with Crippen molar-refractivity contribution in [2.45, 2.75) is 45.4 Å². The Balaban J connectivity index is 1.18. The van der Waals surface area contributed by atoms with Crippen LogP contribution in [0.2, 0.25) is 0 Å². The summed E-state index contributed by atoms with van der Waals surface area (Å²) in [6.07, 6.45) is 1.91. The minimum Gasteiger partial charge on any atom is -0.362 e. The van der Waals surface area contributed by atoms with Crippen LogP contribution in [0.25, 0.3) is 5.52 Å². The number of aromatic nitrogens is 4. The second-order valence-electron chi connectivity index (χ2n) is 10.9. The van der Waals surface area contributed by atoms with Crippen molar-refractivity contribution in [1.29, 1.82) is 5.26 Å². The number of hydrogen-bond acceptors (Lipinski definition) is 6. The van der Waals surface area contributed by atoms with Crippen LogP contribution in [0.1, 0.15) is 42.5 Å². The molecule has 36 heavy (non-hydrogen) atoms. The maximum atomic E-state index is 14.7. The normalized spacial score (nSPS) is 24.2. The third-order valence-electron chi connectivity index (χ3n) is 8.41. The smallest absolute Gasteiger partial charge is 0.320 e. The van der Waals surface area contributed by atoms with E-state index >= 15 is 0 Å². The first kappa shape index (κ1) is 21.6. The molecule has 2 atom stereocenters. The maximum absolute atomic E-state index is 14.7. The first-order valence-electron chi connectivity index (χ1n) is 12.5. The predicted octanol–water partition coefficient (Wildman–Crippen LogP) is 1.89. The van der Waals surface area contributed by atoms with E-state index < -0.39 is 5.82 Å². The summed E-state index contributed by atoms with van der Waals surface area (Å²) >= 11 is 0. The number of carbonyl (C=O) groups excluding carboxylic acids is 1. The quantitative estimate of drug-likeness (QED) is 0.561. The molecule has 0 bridgehead atoms. The van der Waals surface area contributed by atoms with Gasteiger partial charge in [0.1, 0.15) is 17.3 Å². The molecule has 2 saturated heterocycles. The number of urea groups is 1. The third-order valence-corrected chi connectivity index (χ3v) is 8.41. The molecule has 1 spiro atoms. The second-order valence-corrected chi connectivity index (χ2v) is 10.9. The molecule has 2 fully saturated rings. The van der Waals surface area contributed by atoms with Crippen molar-refractivity contribution in [2.75, 3.05) is 37.6 Å². The van der Waals surface area contributed by atoms with E-state index in [9.17, 15) is 14.4 Å². The van der Waals surface area contributed by atoms with Crippen molar-refractivity contribution in [2.24, 2.45) is 5.41 Å². The van der Waals surface area contributed by atoms with Gasteiger partial charge < -0.3 is 20.0 Å². The van der Waals surface area contributed by atoms with Gasteiger partial charge in [0, 0.05) is 49.7 Å². The molecule has 11 heteroatoms. The van der Waals surface area contributed by atoms with Gasteiger partial charge in [0.15, 0.2) is 5.82 Å². The van der Waals surface area contributed by atoms with Crippen molar-refractivity contribution in [3.8, 4) is 6.07 Å². The molecule has 0 unspecified atom stereocenters. The van der Waals surface area contributed by atoms with Crippen LogP contribution in [0.4, 0.5) is 14.9 Å². The lowest BCUT2D eigenvalue weighted by molar-refractivity contribution is -0.0252. The molecule has 1 N–H and O–H groups in total. The number of anilines is 1. The number of fused-ring (bicyclic) bond motifs is 4. The number of nitrogens with zero attached hydrogens (tertiary/aromatic N) is 8. The van der Waals surface area contributed by atoms with Gasteiger partial charge in [-0.15, -0.1) is 0 Å². The van der Waals surface area contributed by atoms with Gasteiger partial charge in [0.05, 0.1) is 42.4 Å². The van der Waals surface area contributed by atoms with Crippen molar-refractivity contribution in [3.05, 3.63) is 46.8 Å². The standard InChI is InChI=1S/C25H28FN9O/c1-15-5-18-20(9-33(15)24(36)32-13-25(14-32)11-28-12-25)30-34-16(2)8-31(10-22(18)34)21-4-3-17(6-27)35-23(21)19(26)7-29-35/h3-4,7,15-16,28H,5,8-14H2,1-2H3/t15-,16+/m0/s1. The van der Waals surface area contributed by atoms with Crippen LogP contribution in [0.3, 0.4) is 0 Å². The lowest BCUT2D eigenvalue weighted by atomic mass is 9.74. The molecule has 186 valence electrons. The van der Waals surface area contributed by atoms with Gasteiger partial charge in [0.25, 0.3) is 0 Å². The van der Waals surface area contributed by atoms with E-state index in [0.717, 1.165) is 55.9 Å². The van der Waals surface area contributed by atoms with Crippen LogP contribution >= 0.6 is 0 Å². The molecule has 0 radical (unpaired) electrons. The second kappa shape index (κ2) is 7.43. The monoisotopic (exact) mass is 489 g/mol. The van der Waals surface area contributed by atoms with Gasteiger partial charge in [-0.1, -0.05) is 0 Å². The van der Waals surface area contributed by atoms with Crippen LogP contribution in [0.15, 0.2) is 18.3 Å². The summed E-state index contributed by atoms with van der Waals surface area (Å²) < 4.78 is 18.2. The molecule has 4 aliphatic heterocycles. The fraction of sp³-hybridized carbons (Fsp3) is 0.520. The Morgan fingerprint density at radius 1 is 1.22 bits per heavy atom. The number of likely N-dealkylation sites (tertiary alicyclic amines) is 1. The fourth-order valence-electron chi connectivity index (χ4n) is 6.43. The van der Waals surface area contributed by atoms with Crippen LogP contribution in [-0.4, -0.2) is 74.0 Å². The van der Waals surface area contributed by atoms with Gasteiger partial charge >= 0.3 is 6.03 Å². The van der Waals surface area contributed by atoms with Crippen LogP contribution in [-0.2, 0) is 19.5 Å². The Kier molecular flexibility index (Phi) is 4.46. The highest BCUT2D eigenvalue weighted by atomic mass is 19.1. The number of pyridine rings is 1. The predicted molar refractivity (Wildman–Crippen MR) is 129 cm³/mol. The summed E-state index contributed by atoms with van der Waals surface area (Å²) in [6, 6.07) is 5.84. The average molecular weight is 490 g/mol. The van der Waals surface area contributed by atoms with E-state index in [2.05, 4.69) is 39.9 Å². The number of carbonyl (C=O) groups is 1. The average Bonchev–Trinajstić information content (AvgIpc) is 3.37. The Bertz CT molecular complexity index is 1440. The minimum atomic E-state index is -0.441. The Hall–Kier alpha value is -3.65. The van der Waals surface area contributed by atoms with Crippen molar-refractivity contribution >= 4 is 17.2 Å². The number of hydrogen-bond donors (Lipinski definition) is 1. The van der Waals surface area contributed by atoms with Crippen molar-refractivity contribution < 1.29 is 9.18 Å². The van der Waals surface area contributed by atoms with Gasteiger partial charge in [-0.25, -0.2) is 13.7 Å². The molecule has 0 aromatic carbocycles. The Morgan fingerprint density at radius 2 is 2.03 bits per heavy atom. The zero-order chi connectivity index (χ0) is 24.8. The summed E-state index contributed by atoms with van der Waals surface area (Å²) in [7, 11) is 0. The van der Waals surface area contributed by atoms with E-state index in [-0.39, 0.29) is 18.1 Å². The van der Waals surface area contributed by atoms with E-state index in [1.54, 1.807) is 6.07 Å². The SMILES string of the molecule is C[C@@H]1CN(c2ccc(C#N)n3ncc(F)c23)Cc2c3c(nn21)CN(C(=O)N1CC2(CNC2)C1)[C@@H](C)C3. The summed E-state index contributed by atoms with van der Waals surface area (Å²) in [5, 5.41) is 21.8.